The van der Waals surface area contributed by atoms with Crippen LogP contribution in [0.1, 0.15) is 18.0 Å². The number of aromatic nitrogens is 3. The van der Waals surface area contributed by atoms with Gasteiger partial charge in [0.15, 0.2) is 0 Å². The van der Waals surface area contributed by atoms with Gasteiger partial charge in [-0.15, -0.1) is 6.42 Å². The Morgan fingerprint density at radius 3 is 2.88 bits per heavy atom. The molecule has 2 atom stereocenters. The standard InChI is InChI=1S/C19H18FN5/c1-2-18(25-8-7-14(20)11-25)13-3-5-15(6-4-13)24-19-9-16-17(10-21-19)23-12-22-16/h1,3-6,9-10,12,14,18H,7-8,11H2,(H,21,24)(H,22,23). The molecule has 1 aliphatic heterocycles. The molecule has 0 spiro atoms. The van der Waals surface area contributed by atoms with Gasteiger partial charge in [0, 0.05) is 24.8 Å². The molecule has 25 heavy (non-hydrogen) atoms. The Bertz CT molecular complexity index is 911. The summed E-state index contributed by atoms with van der Waals surface area (Å²) >= 11 is 0. The first kappa shape index (κ1) is 15.6. The highest BCUT2D eigenvalue weighted by Gasteiger charge is 2.27. The predicted octanol–water partition coefficient (Wildman–Crippen LogP) is 3.42. The lowest BCUT2D eigenvalue weighted by atomic mass is 10.1. The fourth-order valence-electron chi connectivity index (χ4n) is 3.19. The number of terminal acetylenes is 1. The summed E-state index contributed by atoms with van der Waals surface area (Å²) in [5.41, 5.74) is 3.66. The van der Waals surface area contributed by atoms with Crippen molar-refractivity contribution in [3.63, 3.8) is 0 Å². The summed E-state index contributed by atoms with van der Waals surface area (Å²) in [4.78, 5) is 13.6. The van der Waals surface area contributed by atoms with E-state index in [4.69, 9.17) is 6.42 Å². The molecule has 2 unspecified atom stereocenters. The van der Waals surface area contributed by atoms with E-state index in [0.29, 0.717) is 19.5 Å². The van der Waals surface area contributed by atoms with Gasteiger partial charge in [-0.1, -0.05) is 18.1 Å². The minimum Gasteiger partial charge on any atom is -0.343 e. The van der Waals surface area contributed by atoms with Crippen LogP contribution in [0.5, 0.6) is 0 Å². The Kier molecular flexibility index (Phi) is 4.08. The van der Waals surface area contributed by atoms with Gasteiger partial charge in [0.1, 0.15) is 12.0 Å². The third-order valence-corrected chi connectivity index (χ3v) is 4.49. The molecule has 1 fully saturated rings. The number of nitrogens with zero attached hydrogens (tertiary/aromatic N) is 3. The van der Waals surface area contributed by atoms with E-state index in [9.17, 15) is 4.39 Å². The van der Waals surface area contributed by atoms with Crippen LogP contribution in [-0.4, -0.2) is 39.1 Å². The summed E-state index contributed by atoms with van der Waals surface area (Å²) in [6.07, 6.45) is 8.85. The zero-order valence-electron chi connectivity index (χ0n) is 13.6. The van der Waals surface area contributed by atoms with E-state index >= 15 is 0 Å². The zero-order valence-corrected chi connectivity index (χ0v) is 13.6. The van der Waals surface area contributed by atoms with E-state index in [2.05, 4.69) is 26.2 Å². The average molecular weight is 335 g/mol. The first-order chi connectivity index (χ1) is 12.2. The van der Waals surface area contributed by atoms with Crippen molar-refractivity contribution in [1.29, 1.82) is 0 Å². The van der Waals surface area contributed by atoms with Gasteiger partial charge >= 0.3 is 0 Å². The van der Waals surface area contributed by atoms with Gasteiger partial charge in [0.2, 0.25) is 0 Å². The molecule has 0 radical (unpaired) electrons. The van der Waals surface area contributed by atoms with Crippen molar-refractivity contribution in [2.24, 2.45) is 0 Å². The van der Waals surface area contributed by atoms with Gasteiger partial charge < -0.3 is 10.3 Å². The number of hydrogen-bond donors (Lipinski definition) is 2. The second kappa shape index (κ2) is 6.54. The molecule has 5 nitrogen and oxygen atoms in total. The topological polar surface area (TPSA) is 56.8 Å². The first-order valence-electron chi connectivity index (χ1n) is 8.23. The number of hydrogen-bond acceptors (Lipinski definition) is 4. The summed E-state index contributed by atoms with van der Waals surface area (Å²) < 4.78 is 13.4. The molecule has 2 aromatic heterocycles. The van der Waals surface area contributed by atoms with Crippen LogP contribution in [-0.2, 0) is 0 Å². The predicted molar refractivity (Wildman–Crippen MR) is 96.3 cm³/mol. The van der Waals surface area contributed by atoms with Crippen molar-refractivity contribution in [2.45, 2.75) is 18.6 Å². The molecule has 1 aliphatic rings. The van der Waals surface area contributed by atoms with Gasteiger partial charge in [-0.2, -0.15) is 0 Å². The maximum absolute atomic E-state index is 13.4. The number of alkyl halides is 1. The lowest BCUT2D eigenvalue weighted by Gasteiger charge is -2.23. The number of nitrogens with one attached hydrogen (secondary N) is 2. The van der Waals surface area contributed by atoms with Crippen LogP contribution in [0.4, 0.5) is 15.9 Å². The van der Waals surface area contributed by atoms with Crippen molar-refractivity contribution in [1.82, 2.24) is 19.9 Å². The van der Waals surface area contributed by atoms with Crippen LogP contribution in [0.15, 0.2) is 42.9 Å². The summed E-state index contributed by atoms with van der Waals surface area (Å²) in [6, 6.07) is 9.57. The number of likely N-dealkylation sites (tertiary alicyclic amines) is 1. The van der Waals surface area contributed by atoms with Crippen LogP contribution < -0.4 is 5.32 Å². The lowest BCUT2D eigenvalue weighted by molar-refractivity contribution is 0.260. The average Bonchev–Trinajstić information content (AvgIpc) is 3.26. The van der Waals surface area contributed by atoms with Gasteiger partial charge in [0.25, 0.3) is 0 Å². The summed E-state index contributed by atoms with van der Waals surface area (Å²) in [7, 11) is 0. The molecule has 0 bridgehead atoms. The van der Waals surface area contributed by atoms with Crippen molar-refractivity contribution >= 4 is 22.5 Å². The zero-order chi connectivity index (χ0) is 17.2. The van der Waals surface area contributed by atoms with Crippen LogP contribution in [0.25, 0.3) is 11.0 Å². The molecule has 1 aromatic carbocycles. The van der Waals surface area contributed by atoms with Gasteiger partial charge in [-0.05, 0) is 24.1 Å². The Morgan fingerprint density at radius 1 is 1.32 bits per heavy atom. The number of fused-ring (bicyclic) bond motifs is 1. The Labute approximate surface area is 145 Å². The number of pyridine rings is 1. The molecule has 0 amide bonds. The largest absolute Gasteiger partial charge is 0.343 e. The number of halogens is 1. The molecule has 6 heteroatoms. The Hall–Kier alpha value is -2.91. The molecule has 3 heterocycles. The van der Waals surface area contributed by atoms with Crippen LogP contribution in [0.3, 0.4) is 0 Å². The van der Waals surface area contributed by atoms with Crippen molar-refractivity contribution in [3.8, 4) is 12.3 Å². The van der Waals surface area contributed by atoms with E-state index in [-0.39, 0.29) is 6.04 Å². The monoisotopic (exact) mass is 335 g/mol. The number of imidazole rings is 1. The minimum atomic E-state index is -0.778. The molecule has 126 valence electrons. The van der Waals surface area contributed by atoms with Gasteiger partial charge in [-0.3, -0.25) is 4.90 Å². The van der Waals surface area contributed by atoms with Crippen LogP contribution >= 0.6 is 0 Å². The van der Waals surface area contributed by atoms with Crippen molar-refractivity contribution < 1.29 is 4.39 Å². The fourth-order valence-corrected chi connectivity index (χ4v) is 3.19. The van der Waals surface area contributed by atoms with Gasteiger partial charge in [-0.25, -0.2) is 14.4 Å². The molecular weight excluding hydrogens is 317 g/mol. The molecule has 4 rings (SSSR count). The normalized spacial score (nSPS) is 19.0. The Balaban J connectivity index is 1.50. The van der Waals surface area contributed by atoms with E-state index in [1.165, 1.54) is 0 Å². The molecular formula is C19H18FN5. The number of anilines is 2. The minimum absolute atomic E-state index is 0.187. The molecule has 2 N–H and O–H groups in total. The van der Waals surface area contributed by atoms with Crippen molar-refractivity contribution in [2.75, 3.05) is 18.4 Å². The summed E-state index contributed by atoms with van der Waals surface area (Å²) in [5.74, 6) is 3.50. The third kappa shape index (κ3) is 3.19. The molecule has 0 aliphatic carbocycles. The van der Waals surface area contributed by atoms with E-state index in [0.717, 1.165) is 28.1 Å². The number of rotatable bonds is 4. The van der Waals surface area contributed by atoms with Crippen LogP contribution in [0, 0.1) is 12.3 Å². The second-order valence-corrected chi connectivity index (χ2v) is 6.19. The lowest BCUT2D eigenvalue weighted by Crippen LogP contribution is -2.25. The van der Waals surface area contributed by atoms with E-state index in [1.54, 1.807) is 12.5 Å². The SMILES string of the molecule is C#CC(c1ccc(Nc2cc3nc[nH]c3cn2)cc1)N1CCC(F)C1. The van der Waals surface area contributed by atoms with E-state index < -0.39 is 6.17 Å². The maximum Gasteiger partial charge on any atom is 0.132 e. The highest BCUT2D eigenvalue weighted by molar-refractivity contribution is 5.77. The number of benzene rings is 1. The van der Waals surface area contributed by atoms with Gasteiger partial charge in [0.05, 0.1) is 29.6 Å². The van der Waals surface area contributed by atoms with Crippen molar-refractivity contribution in [3.05, 3.63) is 48.4 Å². The highest BCUT2D eigenvalue weighted by atomic mass is 19.1. The third-order valence-electron chi connectivity index (χ3n) is 4.49. The summed E-state index contributed by atoms with van der Waals surface area (Å²) in [6.45, 7) is 1.10. The smallest absolute Gasteiger partial charge is 0.132 e. The number of aromatic amines is 1. The van der Waals surface area contributed by atoms with E-state index in [1.807, 2.05) is 35.2 Å². The fraction of sp³-hybridized carbons (Fsp3) is 0.263. The maximum atomic E-state index is 13.4. The molecule has 1 saturated heterocycles. The quantitative estimate of drug-likeness (QED) is 0.717. The molecule has 0 saturated carbocycles. The summed E-state index contributed by atoms with van der Waals surface area (Å²) in [5, 5.41) is 3.26. The van der Waals surface area contributed by atoms with Crippen LogP contribution in [0.2, 0.25) is 0 Å². The molecule has 3 aromatic rings. The number of H-pyrrole nitrogens is 1. The first-order valence-corrected chi connectivity index (χ1v) is 8.23. The Morgan fingerprint density at radius 2 is 2.16 bits per heavy atom. The second-order valence-electron chi connectivity index (χ2n) is 6.19. The highest BCUT2D eigenvalue weighted by Crippen LogP contribution is 2.27.